The van der Waals surface area contributed by atoms with Crippen LogP contribution in [0.25, 0.3) is 10.2 Å². The number of nitrogens with zero attached hydrogens (tertiary/aromatic N) is 2. The number of benzene rings is 2. The number of rotatable bonds is 4. The largest absolute Gasteiger partial charge is 0.494 e. The molecule has 6 nitrogen and oxygen atoms in total. The highest BCUT2D eigenvalue weighted by atomic mass is 32.1. The third-order valence-corrected chi connectivity index (χ3v) is 8.27. The Morgan fingerprint density at radius 1 is 1.14 bits per heavy atom. The van der Waals surface area contributed by atoms with Crippen molar-refractivity contribution in [3.63, 3.8) is 0 Å². The fourth-order valence-corrected chi connectivity index (χ4v) is 6.93. The number of ketones is 1. The van der Waals surface area contributed by atoms with Crippen LogP contribution >= 0.6 is 11.3 Å². The summed E-state index contributed by atoms with van der Waals surface area (Å²) in [4.78, 5) is 34.3. The third kappa shape index (κ3) is 3.56. The number of carbonyl (C=O) groups is 2. The van der Waals surface area contributed by atoms with Gasteiger partial charge in [-0.3, -0.25) is 14.5 Å². The summed E-state index contributed by atoms with van der Waals surface area (Å²) in [5, 5.41) is 0.583. The Kier molecular flexibility index (Phi) is 5.40. The molecule has 3 heterocycles. The first kappa shape index (κ1) is 22.3. The number of ether oxygens (including phenoxy) is 2. The number of amides is 1. The monoisotopic (exact) mass is 488 g/mol. The van der Waals surface area contributed by atoms with Crippen molar-refractivity contribution in [3.8, 4) is 5.75 Å². The average molecular weight is 489 g/mol. The summed E-state index contributed by atoms with van der Waals surface area (Å²) in [5.74, 6) is 0.497. The van der Waals surface area contributed by atoms with Crippen molar-refractivity contribution in [2.75, 3.05) is 11.5 Å². The summed E-state index contributed by atoms with van der Waals surface area (Å²) in [7, 11) is 0. The molecular formula is C28H28N2O4S. The number of fused-ring (bicyclic) bond motifs is 2. The highest BCUT2D eigenvalue weighted by Gasteiger charge is 2.53. The predicted molar refractivity (Wildman–Crippen MR) is 136 cm³/mol. The van der Waals surface area contributed by atoms with E-state index in [0.29, 0.717) is 23.1 Å². The second-order valence-corrected chi connectivity index (χ2v) is 10.7. The molecule has 3 unspecified atom stereocenters. The molecule has 6 rings (SSSR count). The zero-order valence-corrected chi connectivity index (χ0v) is 21.0. The molecule has 0 radical (unpaired) electrons. The molecule has 0 bridgehead atoms. The fraction of sp³-hybridized carbons (Fsp3) is 0.393. The van der Waals surface area contributed by atoms with Crippen LogP contribution in [0.5, 0.6) is 5.75 Å². The third-order valence-electron chi connectivity index (χ3n) is 7.27. The number of carbonyl (C=O) groups excluding carboxylic acids is 2. The van der Waals surface area contributed by atoms with Crippen molar-refractivity contribution in [2.45, 2.75) is 58.6 Å². The number of Topliss-reactive ketones (excluding diaryl/α,β-unsaturated/α-hetero) is 1. The zero-order valence-electron chi connectivity index (χ0n) is 20.2. The van der Waals surface area contributed by atoms with Crippen LogP contribution in [-0.2, 0) is 14.3 Å². The maximum Gasteiger partial charge on any atom is 0.296 e. The van der Waals surface area contributed by atoms with Crippen LogP contribution in [0.4, 0.5) is 5.13 Å². The van der Waals surface area contributed by atoms with Gasteiger partial charge in [0.05, 0.1) is 34.4 Å². The standard InChI is InChI=1S/C28H28N2O4S/c1-4-33-18-9-7-8-17(14-18)24-22-25(31)19-10-5-6-11-20(19)34-26(22)27(32)30(24)28-29-23-16(3)12-15(2)13-21(23)35-28/h7-9,12-14,19-20,24H,4-6,10-11H2,1-3H3. The van der Waals surface area contributed by atoms with Crippen LogP contribution in [0.2, 0.25) is 0 Å². The van der Waals surface area contributed by atoms with Gasteiger partial charge in [0, 0.05) is 0 Å². The van der Waals surface area contributed by atoms with E-state index in [1.807, 2.05) is 38.1 Å². The smallest absolute Gasteiger partial charge is 0.296 e. The first-order valence-electron chi connectivity index (χ1n) is 12.4. The van der Waals surface area contributed by atoms with E-state index in [-0.39, 0.29) is 29.5 Å². The molecule has 2 aromatic carbocycles. The van der Waals surface area contributed by atoms with E-state index in [0.717, 1.165) is 52.6 Å². The Balaban J connectivity index is 1.52. The van der Waals surface area contributed by atoms with Crippen molar-refractivity contribution in [3.05, 3.63) is 64.4 Å². The van der Waals surface area contributed by atoms with Gasteiger partial charge in [0.1, 0.15) is 11.9 Å². The Morgan fingerprint density at radius 2 is 1.97 bits per heavy atom. The first-order valence-corrected chi connectivity index (χ1v) is 13.2. The minimum absolute atomic E-state index is 0.0479. The maximum atomic E-state index is 13.9. The zero-order chi connectivity index (χ0) is 24.3. The summed E-state index contributed by atoms with van der Waals surface area (Å²) in [6, 6.07) is 11.3. The van der Waals surface area contributed by atoms with Crippen molar-refractivity contribution >= 4 is 38.4 Å². The SMILES string of the molecule is CCOc1cccc(C2C3=C(OC4CCCCC4C3=O)C(=O)N2c2nc3c(C)cc(C)cc3s2)c1. The maximum absolute atomic E-state index is 13.9. The van der Waals surface area contributed by atoms with Crippen LogP contribution in [0.3, 0.4) is 0 Å². The van der Waals surface area contributed by atoms with Gasteiger partial charge in [-0.1, -0.05) is 36.0 Å². The van der Waals surface area contributed by atoms with E-state index >= 15 is 0 Å². The second-order valence-electron chi connectivity index (χ2n) is 9.66. The first-order chi connectivity index (χ1) is 17.0. The highest BCUT2D eigenvalue weighted by molar-refractivity contribution is 7.22. The van der Waals surface area contributed by atoms with E-state index in [1.165, 1.54) is 11.3 Å². The lowest BCUT2D eigenvalue weighted by Gasteiger charge is -2.35. The number of anilines is 1. The lowest BCUT2D eigenvalue weighted by Crippen LogP contribution is -2.39. The van der Waals surface area contributed by atoms with Gasteiger partial charge in [0.2, 0.25) is 0 Å². The minimum Gasteiger partial charge on any atom is -0.494 e. The minimum atomic E-state index is -0.588. The molecule has 0 saturated heterocycles. The molecule has 0 spiro atoms. The summed E-state index contributed by atoms with van der Waals surface area (Å²) in [6.45, 7) is 6.57. The Morgan fingerprint density at radius 3 is 2.80 bits per heavy atom. The van der Waals surface area contributed by atoms with Gasteiger partial charge in [-0.2, -0.15) is 0 Å². The van der Waals surface area contributed by atoms with Gasteiger partial charge in [-0.15, -0.1) is 0 Å². The van der Waals surface area contributed by atoms with Crippen molar-refractivity contribution in [1.29, 1.82) is 0 Å². The summed E-state index contributed by atoms with van der Waals surface area (Å²) in [5.41, 5.74) is 4.40. The van der Waals surface area contributed by atoms with Gasteiger partial charge in [0.25, 0.3) is 5.91 Å². The van der Waals surface area contributed by atoms with E-state index in [1.54, 1.807) is 4.90 Å². The highest BCUT2D eigenvalue weighted by Crippen LogP contribution is 2.49. The van der Waals surface area contributed by atoms with Gasteiger partial charge >= 0.3 is 0 Å². The predicted octanol–water partition coefficient (Wildman–Crippen LogP) is 5.81. The number of hydrogen-bond acceptors (Lipinski definition) is 6. The molecule has 180 valence electrons. The molecule has 3 atom stereocenters. The molecule has 1 fully saturated rings. The topological polar surface area (TPSA) is 68.7 Å². The number of aryl methyl sites for hydroxylation is 2. The van der Waals surface area contributed by atoms with Crippen LogP contribution in [-0.4, -0.2) is 29.4 Å². The molecule has 3 aromatic rings. The molecule has 0 N–H and O–H groups in total. The van der Waals surface area contributed by atoms with E-state index in [4.69, 9.17) is 14.5 Å². The van der Waals surface area contributed by atoms with Crippen molar-refractivity contribution < 1.29 is 19.1 Å². The lowest BCUT2D eigenvalue weighted by atomic mass is 9.77. The lowest BCUT2D eigenvalue weighted by molar-refractivity contribution is -0.131. The molecule has 1 saturated carbocycles. The molecule has 3 aliphatic rings. The second kappa shape index (κ2) is 8.48. The number of thiazole rings is 1. The number of aromatic nitrogens is 1. The molecule has 1 aromatic heterocycles. The average Bonchev–Trinajstić information content (AvgIpc) is 3.39. The van der Waals surface area contributed by atoms with E-state index < -0.39 is 6.04 Å². The molecule has 1 amide bonds. The summed E-state index contributed by atoms with van der Waals surface area (Å²) < 4.78 is 13.1. The van der Waals surface area contributed by atoms with E-state index in [9.17, 15) is 9.59 Å². The Bertz CT molecular complexity index is 1390. The van der Waals surface area contributed by atoms with E-state index in [2.05, 4.69) is 19.1 Å². The van der Waals surface area contributed by atoms with Crippen LogP contribution in [0.15, 0.2) is 47.7 Å². The molecule has 1 aliphatic carbocycles. The normalized spacial score (nSPS) is 24.0. The quantitative estimate of drug-likeness (QED) is 0.463. The van der Waals surface area contributed by atoms with Gasteiger partial charge < -0.3 is 9.47 Å². The Labute approximate surface area is 208 Å². The van der Waals surface area contributed by atoms with Crippen LogP contribution in [0.1, 0.15) is 55.3 Å². The van der Waals surface area contributed by atoms with Crippen LogP contribution < -0.4 is 9.64 Å². The molecule has 7 heteroatoms. The van der Waals surface area contributed by atoms with Crippen molar-refractivity contribution in [1.82, 2.24) is 4.98 Å². The fourth-order valence-electron chi connectivity index (χ4n) is 5.76. The van der Waals surface area contributed by atoms with Crippen molar-refractivity contribution in [2.24, 2.45) is 5.92 Å². The van der Waals surface area contributed by atoms with Gasteiger partial charge in [0.15, 0.2) is 16.7 Å². The summed E-state index contributed by atoms with van der Waals surface area (Å²) in [6.07, 6.45) is 3.43. The Hall–Kier alpha value is -3.19. The molecule has 35 heavy (non-hydrogen) atoms. The number of hydrogen-bond donors (Lipinski definition) is 0. The van der Waals surface area contributed by atoms with Crippen LogP contribution in [0, 0.1) is 19.8 Å². The van der Waals surface area contributed by atoms with Gasteiger partial charge in [-0.05, 0) is 74.9 Å². The molecule has 2 aliphatic heterocycles. The summed E-state index contributed by atoms with van der Waals surface area (Å²) >= 11 is 1.48. The molecular weight excluding hydrogens is 460 g/mol. The van der Waals surface area contributed by atoms with Gasteiger partial charge in [-0.25, -0.2) is 4.98 Å².